The fourth-order valence-corrected chi connectivity index (χ4v) is 1.55. The highest BCUT2D eigenvalue weighted by atomic mass is 16.5. The van der Waals surface area contributed by atoms with Crippen LogP contribution in [0.5, 0.6) is 5.75 Å². The van der Waals surface area contributed by atoms with E-state index >= 15 is 0 Å². The number of hydrogen-bond acceptors (Lipinski definition) is 3. The van der Waals surface area contributed by atoms with Crippen molar-refractivity contribution in [2.75, 3.05) is 7.11 Å². The predicted octanol–water partition coefficient (Wildman–Crippen LogP) is 0.836. The molecule has 0 unspecified atom stereocenters. The summed E-state index contributed by atoms with van der Waals surface area (Å²) in [4.78, 5) is 22.5. The standard InChI is InChI=1S/C13H18N2O3/c1-9(15-10(2)16)13(17)14-8-11-6-4-5-7-12(11)18-3/h4-7,9H,8H2,1-3H3,(H,14,17)(H,15,16)/t9-/m1/s1. The molecule has 5 nitrogen and oxygen atoms in total. The molecule has 2 amide bonds. The molecule has 0 aliphatic heterocycles. The molecular formula is C13H18N2O3. The van der Waals surface area contributed by atoms with E-state index in [1.54, 1.807) is 14.0 Å². The number of hydrogen-bond donors (Lipinski definition) is 2. The van der Waals surface area contributed by atoms with Crippen molar-refractivity contribution in [3.63, 3.8) is 0 Å². The van der Waals surface area contributed by atoms with Crippen molar-refractivity contribution in [3.8, 4) is 5.75 Å². The summed E-state index contributed by atoms with van der Waals surface area (Å²) < 4.78 is 5.18. The number of nitrogens with one attached hydrogen (secondary N) is 2. The van der Waals surface area contributed by atoms with Gasteiger partial charge in [-0.25, -0.2) is 0 Å². The molecule has 1 aromatic rings. The normalized spacial score (nSPS) is 11.5. The first-order valence-electron chi connectivity index (χ1n) is 5.71. The monoisotopic (exact) mass is 250 g/mol. The zero-order valence-corrected chi connectivity index (χ0v) is 10.8. The van der Waals surface area contributed by atoms with E-state index in [9.17, 15) is 9.59 Å². The van der Waals surface area contributed by atoms with Gasteiger partial charge in [0.25, 0.3) is 0 Å². The third kappa shape index (κ3) is 4.08. The van der Waals surface area contributed by atoms with Gasteiger partial charge < -0.3 is 15.4 Å². The van der Waals surface area contributed by atoms with Gasteiger partial charge >= 0.3 is 0 Å². The maximum Gasteiger partial charge on any atom is 0.242 e. The first-order chi connectivity index (χ1) is 8.54. The molecule has 0 heterocycles. The lowest BCUT2D eigenvalue weighted by Crippen LogP contribution is -2.43. The molecule has 0 fully saturated rings. The van der Waals surface area contributed by atoms with Gasteiger partial charge in [-0.1, -0.05) is 18.2 Å². The lowest BCUT2D eigenvalue weighted by molar-refractivity contribution is -0.127. The Hall–Kier alpha value is -2.04. The van der Waals surface area contributed by atoms with Gasteiger partial charge in [-0.15, -0.1) is 0 Å². The van der Waals surface area contributed by atoms with Crippen LogP contribution in [0.1, 0.15) is 19.4 Å². The van der Waals surface area contributed by atoms with E-state index in [0.717, 1.165) is 11.3 Å². The van der Waals surface area contributed by atoms with Gasteiger partial charge in [0.05, 0.1) is 7.11 Å². The molecular weight excluding hydrogens is 232 g/mol. The third-order valence-corrected chi connectivity index (χ3v) is 2.46. The maximum absolute atomic E-state index is 11.7. The summed E-state index contributed by atoms with van der Waals surface area (Å²) >= 11 is 0. The summed E-state index contributed by atoms with van der Waals surface area (Å²) in [6.45, 7) is 3.38. The molecule has 1 aromatic carbocycles. The maximum atomic E-state index is 11.7. The largest absolute Gasteiger partial charge is 0.496 e. The van der Waals surface area contributed by atoms with E-state index in [-0.39, 0.29) is 11.8 Å². The number of carbonyl (C=O) groups is 2. The van der Waals surface area contributed by atoms with Gasteiger partial charge in [0.1, 0.15) is 11.8 Å². The van der Waals surface area contributed by atoms with Crippen LogP contribution in [-0.4, -0.2) is 25.0 Å². The fourth-order valence-electron chi connectivity index (χ4n) is 1.55. The minimum Gasteiger partial charge on any atom is -0.496 e. The van der Waals surface area contributed by atoms with Crippen molar-refractivity contribution in [1.82, 2.24) is 10.6 Å². The molecule has 0 bridgehead atoms. The van der Waals surface area contributed by atoms with Gasteiger partial charge in [0.15, 0.2) is 0 Å². The third-order valence-electron chi connectivity index (χ3n) is 2.46. The minimum atomic E-state index is -0.544. The smallest absolute Gasteiger partial charge is 0.242 e. The second-order valence-electron chi connectivity index (χ2n) is 3.95. The number of carbonyl (C=O) groups excluding carboxylic acids is 2. The summed E-state index contributed by atoms with van der Waals surface area (Å²) in [6.07, 6.45) is 0. The molecule has 1 rings (SSSR count). The summed E-state index contributed by atoms with van der Waals surface area (Å²) in [5, 5.41) is 5.27. The van der Waals surface area contributed by atoms with E-state index in [1.807, 2.05) is 24.3 Å². The van der Waals surface area contributed by atoms with Crippen LogP contribution in [0.2, 0.25) is 0 Å². The summed E-state index contributed by atoms with van der Waals surface area (Å²) in [6, 6.07) is 6.91. The molecule has 0 saturated heterocycles. The Morgan fingerprint density at radius 1 is 1.33 bits per heavy atom. The highest BCUT2D eigenvalue weighted by Crippen LogP contribution is 2.16. The Balaban J connectivity index is 2.54. The van der Waals surface area contributed by atoms with Gasteiger partial charge in [-0.2, -0.15) is 0 Å². The lowest BCUT2D eigenvalue weighted by atomic mass is 10.2. The van der Waals surface area contributed by atoms with Crippen LogP contribution in [0.25, 0.3) is 0 Å². The van der Waals surface area contributed by atoms with Gasteiger partial charge in [-0.05, 0) is 13.0 Å². The second-order valence-corrected chi connectivity index (χ2v) is 3.95. The van der Waals surface area contributed by atoms with Crippen LogP contribution in [0.15, 0.2) is 24.3 Å². The predicted molar refractivity (Wildman–Crippen MR) is 68.1 cm³/mol. The van der Waals surface area contributed by atoms with Crippen molar-refractivity contribution in [3.05, 3.63) is 29.8 Å². The van der Waals surface area contributed by atoms with Crippen LogP contribution in [-0.2, 0) is 16.1 Å². The molecule has 0 saturated carbocycles. The second kappa shape index (κ2) is 6.64. The molecule has 0 radical (unpaired) electrons. The van der Waals surface area contributed by atoms with E-state index < -0.39 is 6.04 Å². The van der Waals surface area contributed by atoms with Crippen LogP contribution in [0, 0.1) is 0 Å². The number of para-hydroxylation sites is 1. The molecule has 5 heteroatoms. The van der Waals surface area contributed by atoms with Crippen LogP contribution in [0.3, 0.4) is 0 Å². The number of rotatable bonds is 5. The first-order valence-corrected chi connectivity index (χ1v) is 5.71. The van der Waals surface area contributed by atoms with Crippen molar-refractivity contribution in [1.29, 1.82) is 0 Å². The summed E-state index contributed by atoms with van der Waals surface area (Å²) in [5.74, 6) is 0.274. The topological polar surface area (TPSA) is 67.4 Å². The van der Waals surface area contributed by atoms with E-state index in [4.69, 9.17) is 4.74 Å². The molecule has 0 aliphatic rings. The number of ether oxygens (including phenoxy) is 1. The summed E-state index contributed by atoms with van der Waals surface area (Å²) in [7, 11) is 1.58. The van der Waals surface area contributed by atoms with Crippen LogP contribution in [0.4, 0.5) is 0 Å². The Labute approximate surface area is 107 Å². The molecule has 0 aromatic heterocycles. The Kier molecular flexibility index (Phi) is 5.17. The summed E-state index contributed by atoms with van der Waals surface area (Å²) in [5.41, 5.74) is 0.892. The van der Waals surface area contributed by atoms with Crippen molar-refractivity contribution < 1.29 is 14.3 Å². The molecule has 1 atom stereocenters. The number of benzene rings is 1. The first kappa shape index (κ1) is 14.0. The molecule has 2 N–H and O–H groups in total. The van der Waals surface area contributed by atoms with Crippen LogP contribution < -0.4 is 15.4 Å². The molecule has 0 aliphatic carbocycles. The quantitative estimate of drug-likeness (QED) is 0.813. The number of methoxy groups -OCH3 is 1. The van der Waals surface area contributed by atoms with E-state index in [2.05, 4.69) is 10.6 Å². The van der Waals surface area contributed by atoms with Crippen molar-refractivity contribution in [2.45, 2.75) is 26.4 Å². The Morgan fingerprint density at radius 2 is 2.00 bits per heavy atom. The fraction of sp³-hybridized carbons (Fsp3) is 0.385. The Morgan fingerprint density at radius 3 is 2.61 bits per heavy atom. The zero-order valence-electron chi connectivity index (χ0n) is 10.8. The lowest BCUT2D eigenvalue weighted by Gasteiger charge is -2.14. The average molecular weight is 250 g/mol. The van der Waals surface area contributed by atoms with E-state index in [0.29, 0.717) is 6.54 Å². The van der Waals surface area contributed by atoms with Crippen molar-refractivity contribution >= 4 is 11.8 Å². The van der Waals surface area contributed by atoms with Crippen molar-refractivity contribution in [2.24, 2.45) is 0 Å². The Bertz CT molecular complexity index is 432. The van der Waals surface area contributed by atoms with Crippen LogP contribution >= 0.6 is 0 Å². The van der Waals surface area contributed by atoms with E-state index in [1.165, 1.54) is 6.92 Å². The average Bonchev–Trinajstić information content (AvgIpc) is 2.35. The minimum absolute atomic E-state index is 0.226. The van der Waals surface area contributed by atoms with Gasteiger partial charge in [0, 0.05) is 19.0 Å². The highest BCUT2D eigenvalue weighted by Gasteiger charge is 2.13. The van der Waals surface area contributed by atoms with Gasteiger partial charge in [0.2, 0.25) is 11.8 Å². The number of amides is 2. The SMILES string of the molecule is COc1ccccc1CNC(=O)[C@@H](C)NC(C)=O. The van der Waals surface area contributed by atoms with Gasteiger partial charge in [-0.3, -0.25) is 9.59 Å². The highest BCUT2D eigenvalue weighted by molar-refractivity contribution is 5.86. The zero-order chi connectivity index (χ0) is 13.5. The molecule has 98 valence electrons. The molecule has 0 spiro atoms. The molecule has 18 heavy (non-hydrogen) atoms.